The third-order valence-corrected chi connectivity index (χ3v) is 3.08. The van der Waals surface area contributed by atoms with E-state index in [4.69, 9.17) is 10.5 Å². The average Bonchev–Trinajstić information content (AvgIpc) is 2.65. The minimum atomic E-state index is -0.0987. The van der Waals surface area contributed by atoms with E-state index in [1.54, 1.807) is 36.9 Å². The second kappa shape index (κ2) is 6.58. The van der Waals surface area contributed by atoms with Crippen molar-refractivity contribution in [1.29, 1.82) is 0 Å². The quantitative estimate of drug-likeness (QED) is 0.930. The SMILES string of the molecule is Cl.Cn1c(=O)n(C)c2cc(OC/C(=C/F)CN)ccc21. The molecule has 0 aliphatic carbocycles. The summed E-state index contributed by atoms with van der Waals surface area (Å²) in [5.41, 5.74) is 7.21. The summed E-state index contributed by atoms with van der Waals surface area (Å²) in [6.07, 6.45) is 0.455. The molecule has 2 N–H and O–H groups in total. The van der Waals surface area contributed by atoms with Crippen LogP contribution < -0.4 is 16.2 Å². The van der Waals surface area contributed by atoms with E-state index < -0.39 is 0 Å². The minimum absolute atomic E-state index is 0. The maximum atomic E-state index is 12.4. The van der Waals surface area contributed by atoms with Crippen LogP contribution >= 0.6 is 12.4 Å². The van der Waals surface area contributed by atoms with Crippen LogP contribution in [-0.2, 0) is 14.1 Å². The van der Waals surface area contributed by atoms with Crippen molar-refractivity contribution in [3.05, 3.63) is 40.6 Å². The lowest BCUT2D eigenvalue weighted by atomic mass is 10.3. The largest absolute Gasteiger partial charge is 0.489 e. The van der Waals surface area contributed by atoms with Crippen LogP contribution in [0.25, 0.3) is 11.0 Å². The van der Waals surface area contributed by atoms with E-state index in [1.165, 1.54) is 4.57 Å². The molecule has 1 aromatic carbocycles. The molecule has 0 radical (unpaired) electrons. The summed E-state index contributed by atoms with van der Waals surface area (Å²) >= 11 is 0. The lowest BCUT2D eigenvalue weighted by Crippen LogP contribution is -2.19. The van der Waals surface area contributed by atoms with Gasteiger partial charge in [0, 0.05) is 32.3 Å². The molecule has 0 spiro atoms. The molecule has 0 unspecified atom stereocenters. The summed E-state index contributed by atoms with van der Waals surface area (Å²) in [5.74, 6) is 0.571. The van der Waals surface area contributed by atoms with Crippen molar-refractivity contribution < 1.29 is 9.13 Å². The number of benzene rings is 1. The number of imidazole rings is 1. The molecule has 0 bridgehead atoms. The molecule has 2 rings (SSSR count). The molecule has 2 aromatic rings. The normalized spacial score (nSPS) is 11.5. The monoisotopic (exact) mass is 301 g/mol. The van der Waals surface area contributed by atoms with Gasteiger partial charge in [-0.1, -0.05) is 0 Å². The van der Waals surface area contributed by atoms with Crippen LogP contribution in [-0.4, -0.2) is 22.3 Å². The maximum Gasteiger partial charge on any atom is 0.328 e. The molecule has 1 aromatic heterocycles. The highest BCUT2D eigenvalue weighted by Gasteiger charge is 2.08. The van der Waals surface area contributed by atoms with Crippen molar-refractivity contribution in [2.24, 2.45) is 19.8 Å². The summed E-state index contributed by atoms with van der Waals surface area (Å²) < 4.78 is 20.9. The van der Waals surface area contributed by atoms with Crippen molar-refractivity contribution >= 4 is 23.4 Å². The molecule has 0 saturated carbocycles. The molecule has 0 aliphatic rings. The average molecular weight is 302 g/mol. The highest BCUT2D eigenvalue weighted by atomic mass is 35.5. The smallest absolute Gasteiger partial charge is 0.328 e. The lowest BCUT2D eigenvalue weighted by molar-refractivity contribution is 0.348. The van der Waals surface area contributed by atoms with Crippen LogP contribution in [0.5, 0.6) is 5.75 Å². The van der Waals surface area contributed by atoms with Gasteiger partial charge in [-0.3, -0.25) is 9.13 Å². The van der Waals surface area contributed by atoms with Crippen molar-refractivity contribution in [3.8, 4) is 5.75 Å². The summed E-state index contributed by atoms with van der Waals surface area (Å²) in [6, 6.07) is 5.30. The first kappa shape index (κ1) is 16.3. The molecule has 0 amide bonds. The van der Waals surface area contributed by atoms with Gasteiger partial charge in [0.05, 0.1) is 17.4 Å². The molecule has 0 atom stereocenters. The Hall–Kier alpha value is -1.79. The summed E-state index contributed by atoms with van der Waals surface area (Å²) in [7, 11) is 3.41. The fraction of sp³-hybridized carbons (Fsp3) is 0.308. The van der Waals surface area contributed by atoms with Crippen molar-refractivity contribution in [1.82, 2.24) is 9.13 Å². The Bertz CT molecular complexity index is 691. The molecule has 0 aliphatic heterocycles. The number of aryl methyl sites for hydroxylation is 2. The Kier molecular flexibility index (Phi) is 5.35. The molecule has 5 nitrogen and oxygen atoms in total. The van der Waals surface area contributed by atoms with Crippen LogP contribution in [0.1, 0.15) is 0 Å². The maximum absolute atomic E-state index is 12.4. The van der Waals surface area contributed by atoms with Crippen LogP contribution in [0.15, 0.2) is 34.9 Å². The predicted octanol–water partition coefficient (Wildman–Crippen LogP) is 1.49. The number of rotatable bonds is 4. The van der Waals surface area contributed by atoms with E-state index in [2.05, 4.69) is 0 Å². The molecular formula is C13H17ClFN3O2. The third-order valence-electron chi connectivity index (χ3n) is 3.08. The third kappa shape index (κ3) is 2.86. The van der Waals surface area contributed by atoms with E-state index in [0.29, 0.717) is 17.7 Å². The number of halogens is 2. The first-order chi connectivity index (χ1) is 9.08. The zero-order valence-corrected chi connectivity index (χ0v) is 12.1. The first-order valence-electron chi connectivity index (χ1n) is 5.85. The van der Waals surface area contributed by atoms with Crippen molar-refractivity contribution in [2.45, 2.75) is 0 Å². The topological polar surface area (TPSA) is 62.2 Å². The number of hydrogen-bond donors (Lipinski definition) is 1. The fourth-order valence-corrected chi connectivity index (χ4v) is 1.89. The number of ether oxygens (including phenoxy) is 1. The van der Waals surface area contributed by atoms with Gasteiger partial charge in [-0.15, -0.1) is 12.4 Å². The van der Waals surface area contributed by atoms with Gasteiger partial charge < -0.3 is 10.5 Å². The second-order valence-electron chi connectivity index (χ2n) is 4.31. The van der Waals surface area contributed by atoms with Gasteiger partial charge in [0.25, 0.3) is 0 Å². The summed E-state index contributed by atoms with van der Waals surface area (Å²) in [5, 5.41) is 0. The number of aromatic nitrogens is 2. The van der Waals surface area contributed by atoms with Gasteiger partial charge in [0.15, 0.2) is 0 Å². The van der Waals surface area contributed by atoms with Gasteiger partial charge in [0.1, 0.15) is 12.4 Å². The number of fused-ring (bicyclic) bond motifs is 1. The lowest BCUT2D eigenvalue weighted by Gasteiger charge is -2.07. The molecule has 7 heteroatoms. The number of nitrogens with zero attached hydrogens (tertiary/aromatic N) is 2. The van der Waals surface area contributed by atoms with Gasteiger partial charge in [0.2, 0.25) is 0 Å². The van der Waals surface area contributed by atoms with Gasteiger partial charge in [-0.05, 0) is 12.1 Å². The Morgan fingerprint density at radius 1 is 1.35 bits per heavy atom. The van der Waals surface area contributed by atoms with E-state index in [-0.39, 0.29) is 31.2 Å². The number of hydrogen-bond acceptors (Lipinski definition) is 3. The predicted molar refractivity (Wildman–Crippen MR) is 79.1 cm³/mol. The highest BCUT2D eigenvalue weighted by Crippen LogP contribution is 2.19. The number of nitrogens with two attached hydrogens (primary N) is 1. The molecule has 110 valence electrons. The molecule has 20 heavy (non-hydrogen) atoms. The minimum Gasteiger partial charge on any atom is -0.489 e. The molecular weight excluding hydrogens is 285 g/mol. The standard InChI is InChI=1S/C13H16FN3O2.ClH/c1-16-11-4-3-10(19-8-9(6-14)7-15)5-12(11)17(2)13(16)18;/h3-6H,7-8,15H2,1-2H3;1H/b9-6+;. The Balaban J connectivity index is 0.00000200. The summed E-state index contributed by atoms with van der Waals surface area (Å²) in [6.45, 7) is 0.210. The molecule has 0 fully saturated rings. The zero-order valence-electron chi connectivity index (χ0n) is 11.3. The Morgan fingerprint density at radius 3 is 2.60 bits per heavy atom. The Labute approximate surface area is 121 Å². The van der Waals surface area contributed by atoms with E-state index in [9.17, 15) is 9.18 Å². The van der Waals surface area contributed by atoms with Crippen LogP contribution in [0.4, 0.5) is 4.39 Å². The van der Waals surface area contributed by atoms with Gasteiger partial charge in [-0.25, -0.2) is 9.18 Å². The summed E-state index contributed by atoms with van der Waals surface area (Å²) in [4.78, 5) is 11.8. The Morgan fingerprint density at radius 2 is 2.00 bits per heavy atom. The van der Waals surface area contributed by atoms with Crippen molar-refractivity contribution in [2.75, 3.05) is 13.2 Å². The molecule has 0 saturated heterocycles. The highest BCUT2D eigenvalue weighted by molar-refractivity contribution is 5.85. The van der Waals surface area contributed by atoms with Gasteiger partial charge >= 0.3 is 5.69 Å². The zero-order chi connectivity index (χ0) is 14.0. The van der Waals surface area contributed by atoms with E-state index in [1.807, 2.05) is 0 Å². The van der Waals surface area contributed by atoms with E-state index in [0.717, 1.165) is 11.0 Å². The first-order valence-corrected chi connectivity index (χ1v) is 5.85. The van der Waals surface area contributed by atoms with Crippen molar-refractivity contribution in [3.63, 3.8) is 0 Å². The van der Waals surface area contributed by atoms with Crippen LogP contribution in [0.3, 0.4) is 0 Å². The fourth-order valence-electron chi connectivity index (χ4n) is 1.89. The van der Waals surface area contributed by atoms with Crippen LogP contribution in [0.2, 0.25) is 0 Å². The van der Waals surface area contributed by atoms with Crippen LogP contribution in [0, 0.1) is 0 Å². The second-order valence-corrected chi connectivity index (χ2v) is 4.31. The van der Waals surface area contributed by atoms with E-state index >= 15 is 0 Å². The van der Waals surface area contributed by atoms with Gasteiger partial charge in [-0.2, -0.15) is 0 Å². The molecule has 1 heterocycles.